The van der Waals surface area contributed by atoms with Gasteiger partial charge in [0, 0.05) is 44.4 Å². The first-order valence-corrected chi connectivity index (χ1v) is 9.51. The minimum absolute atomic E-state index is 0.0802. The van der Waals surface area contributed by atoms with E-state index in [1.807, 2.05) is 0 Å². The van der Waals surface area contributed by atoms with Gasteiger partial charge in [-0.25, -0.2) is 8.78 Å². The number of ether oxygens (including phenoxy) is 2. The molecule has 0 saturated carbocycles. The fraction of sp³-hybridized carbons (Fsp3) is 0.381. The van der Waals surface area contributed by atoms with E-state index in [2.05, 4.69) is 15.5 Å². The van der Waals surface area contributed by atoms with E-state index in [1.54, 1.807) is 18.2 Å². The third kappa shape index (κ3) is 5.65. The second-order valence-corrected chi connectivity index (χ2v) is 6.68. The molecule has 29 heavy (non-hydrogen) atoms. The number of hydrogen-bond donors (Lipinski definition) is 2. The number of anilines is 1. The van der Waals surface area contributed by atoms with Crippen molar-refractivity contribution in [1.82, 2.24) is 10.2 Å². The van der Waals surface area contributed by atoms with Gasteiger partial charge in [0.1, 0.15) is 17.4 Å². The quantitative estimate of drug-likeness (QED) is 0.707. The summed E-state index contributed by atoms with van der Waals surface area (Å²) in [4.78, 5) is 14.7. The van der Waals surface area contributed by atoms with Gasteiger partial charge in [-0.2, -0.15) is 0 Å². The molecule has 0 aromatic heterocycles. The lowest BCUT2D eigenvalue weighted by atomic mass is 10.1. The number of carbonyl (C=O) groups excluding carboxylic acids is 1. The fourth-order valence-corrected chi connectivity index (χ4v) is 3.13. The number of morpholine rings is 1. The van der Waals surface area contributed by atoms with Gasteiger partial charge in [0.05, 0.1) is 31.6 Å². The molecule has 1 heterocycles. The van der Waals surface area contributed by atoms with Crippen molar-refractivity contribution >= 4 is 11.6 Å². The van der Waals surface area contributed by atoms with E-state index in [0.717, 1.165) is 13.1 Å². The number of benzene rings is 2. The number of rotatable bonds is 8. The Kier molecular flexibility index (Phi) is 7.37. The lowest BCUT2D eigenvalue weighted by Gasteiger charge is -2.26. The molecule has 1 aliphatic heterocycles. The summed E-state index contributed by atoms with van der Waals surface area (Å²) < 4.78 is 38.8. The van der Waals surface area contributed by atoms with Gasteiger partial charge in [0.2, 0.25) is 0 Å². The van der Waals surface area contributed by atoms with Gasteiger partial charge >= 0.3 is 0 Å². The van der Waals surface area contributed by atoms with Crippen LogP contribution in [0.1, 0.15) is 15.9 Å². The number of amides is 1. The van der Waals surface area contributed by atoms with E-state index in [9.17, 15) is 13.6 Å². The average Bonchev–Trinajstić information content (AvgIpc) is 2.73. The molecule has 2 N–H and O–H groups in total. The van der Waals surface area contributed by atoms with Crippen LogP contribution in [0.15, 0.2) is 36.4 Å². The predicted molar refractivity (Wildman–Crippen MR) is 106 cm³/mol. The monoisotopic (exact) mass is 405 g/mol. The SMILES string of the molecule is COc1ccc(CNc2cccc(F)c2C(=O)NCCN2CCOCC2)c(F)c1. The molecule has 1 amide bonds. The molecular weight excluding hydrogens is 380 g/mol. The van der Waals surface area contributed by atoms with Crippen LogP contribution < -0.4 is 15.4 Å². The van der Waals surface area contributed by atoms with Crippen LogP contribution in [0, 0.1) is 11.6 Å². The Morgan fingerprint density at radius 3 is 2.69 bits per heavy atom. The average molecular weight is 405 g/mol. The van der Waals surface area contributed by atoms with E-state index < -0.39 is 17.5 Å². The lowest BCUT2D eigenvalue weighted by Crippen LogP contribution is -2.41. The normalized spacial score (nSPS) is 14.4. The summed E-state index contributed by atoms with van der Waals surface area (Å²) in [6.45, 7) is 4.16. The van der Waals surface area contributed by atoms with Crippen LogP contribution in [0.5, 0.6) is 5.75 Å². The molecule has 3 rings (SSSR count). The van der Waals surface area contributed by atoms with Gasteiger partial charge < -0.3 is 20.1 Å². The highest BCUT2D eigenvalue weighted by Crippen LogP contribution is 2.22. The second kappa shape index (κ2) is 10.2. The van der Waals surface area contributed by atoms with E-state index in [0.29, 0.717) is 43.3 Å². The Labute approximate surface area is 168 Å². The highest BCUT2D eigenvalue weighted by molar-refractivity contribution is 5.99. The molecule has 6 nitrogen and oxygen atoms in total. The van der Waals surface area contributed by atoms with Gasteiger partial charge in [-0.3, -0.25) is 9.69 Å². The maximum Gasteiger partial charge on any atom is 0.256 e. The minimum atomic E-state index is -0.630. The zero-order valence-corrected chi connectivity index (χ0v) is 16.3. The molecule has 0 unspecified atom stereocenters. The summed E-state index contributed by atoms with van der Waals surface area (Å²) >= 11 is 0. The first-order valence-electron chi connectivity index (χ1n) is 9.51. The maximum atomic E-state index is 14.4. The van der Waals surface area contributed by atoms with E-state index in [1.165, 1.54) is 25.3 Å². The topological polar surface area (TPSA) is 62.8 Å². The van der Waals surface area contributed by atoms with Gasteiger partial charge in [-0.15, -0.1) is 0 Å². The van der Waals surface area contributed by atoms with Crippen molar-refractivity contribution in [3.8, 4) is 5.75 Å². The summed E-state index contributed by atoms with van der Waals surface area (Å²) in [5, 5.41) is 5.72. The van der Waals surface area contributed by atoms with E-state index in [-0.39, 0.29) is 12.1 Å². The zero-order valence-electron chi connectivity index (χ0n) is 16.3. The lowest BCUT2D eigenvalue weighted by molar-refractivity contribution is 0.0383. The van der Waals surface area contributed by atoms with Crippen molar-refractivity contribution in [3.63, 3.8) is 0 Å². The largest absolute Gasteiger partial charge is 0.497 e. The third-order valence-electron chi connectivity index (χ3n) is 4.79. The number of nitrogens with one attached hydrogen (secondary N) is 2. The molecule has 0 aliphatic carbocycles. The smallest absolute Gasteiger partial charge is 0.256 e. The summed E-state index contributed by atoms with van der Waals surface area (Å²) in [5.41, 5.74) is 0.612. The van der Waals surface area contributed by atoms with Crippen LogP contribution in [-0.2, 0) is 11.3 Å². The van der Waals surface area contributed by atoms with E-state index in [4.69, 9.17) is 9.47 Å². The number of nitrogens with zero attached hydrogens (tertiary/aromatic N) is 1. The molecule has 1 saturated heterocycles. The van der Waals surface area contributed by atoms with Crippen LogP contribution in [0.3, 0.4) is 0 Å². The Hall–Kier alpha value is -2.71. The highest BCUT2D eigenvalue weighted by Gasteiger charge is 2.18. The summed E-state index contributed by atoms with van der Waals surface area (Å²) in [6.07, 6.45) is 0. The summed E-state index contributed by atoms with van der Waals surface area (Å²) in [5.74, 6) is -1.16. The van der Waals surface area contributed by atoms with Gasteiger partial charge in [0.15, 0.2) is 0 Å². The fourth-order valence-electron chi connectivity index (χ4n) is 3.13. The van der Waals surface area contributed by atoms with Gasteiger partial charge in [0.25, 0.3) is 5.91 Å². The Morgan fingerprint density at radius 2 is 1.97 bits per heavy atom. The third-order valence-corrected chi connectivity index (χ3v) is 4.79. The van der Waals surface area contributed by atoms with Crippen LogP contribution in [0.4, 0.5) is 14.5 Å². The summed E-state index contributed by atoms with van der Waals surface area (Å²) in [6, 6.07) is 8.85. The number of methoxy groups -OCH3 is 1. The Bertz CT molecular complexity index is 842. The van der Waals surface area contributed by atoms with Crippen LogP contribution in [0.2, 0.25) is 0 Å². The van der Waals surface area contributed by atoms with Crippen LogP contribution in [-0.4, -0.2) is 57.3 Å². The molecule has 0 bridgehead atoms. The zero-order chi connectivity index (χ0) is 20.6. The molecule has 156 valence electrons. The van der Waals surface area contributed by atoms with Crippen molar-refractivity contribution in [2.45, 2.75) is 6.54 Å². The Balaban J connectivity index is 1.62. The first kappa shape index (κ1) is 21.0. The van der Waals surface area contributed by atoms with E-state index >= 15 is 0 Å². The van der Waals surface area contributed by atoms with Crippen molar-refractivity contribution in [2.24, 2.45) is 0 Å². The first-order chi connectivity index (χ1) is 14.1. The van der Waals surface area contributed by atoms with Gasteiger partial charge in [-0.05, 0) is 18.2 Å². The molecule has 0 radical (unpaired) electrons. The molecule has 0 atom stereocenters. The molecule has 2 aromatic carbocycles. The van der Waals surface area contributed by atoms with Crippen LogP contribution in [0.25, 0.3) is 0 Å². The summed E-state index contributed by atoms with van der Waals surface area (Å²) in [7, 11) is 1.46. The number of hydrogen-bond acceptors (Lipinski definition) is 5. The maximum absolute atomic E-state index is 14.4. The second-order valence-electron chi connectivity index (χ2n) is 6.68. The molecule has 1 aliphatic rings. The van der Waals surface area contributed by atoms with Gasteiger partial charge in [-0.1, -0.05) is 12.1 Å². The minimum Gasteiger partial charge on any atom is -0.497 e. The van der Waals surface area contributed by atoms with Crippen molar-refractivity contribution in [3.05, 3.63) is 59.2 Å². The van der Waals surface area contributed by atoms with Crippen LogP contribution >= 0.6 is 0 Å². The molecular formula is C21H25F2N3O3. The standard InChI is InChI=1S/C21H25F2N3O3/c1-28-16-6-5-15(18(23)13-16)14-25-19-4-2-3-17(22)20(19)21(27)24-7-8-26-9-11-29-12-10-26/h2-6,13,25H,7-12,14H2,1H3,(H,24,27). The Morgan fingerprint density at radius 1 is 1.17 bits per heavy atom. The molecule has 0 spiro atoms. The predicted octanol–water partition coefficient (Wildman–Crippen LogP) is 2.65. The van der Waals surface area contributed by atoms with Crippen molar-refractivity contribution < 1.29 is 23.0 Å². The number of halogens is 2. The van der Waals surface area contributed by atoms with Crippen molar-refractivity contribution in [2.75, 3.05) is 51.8 Å². The molecule has 8 heteroatoms. The van der Waals surface area contributed by atoms with Crippen molar-refractivity contribution in [1.29, 1.82) is 0 Å². The highest BCUT2D eigenvalue weighted by atomic mass is 19.1. The molecule has 2 aromatic rings. The number of carbonyl (C=O) groups is 1. The molecule has 1 fully saturated rings.